The molecule has 4 aromatic rings. The number of hydrogen-bond donors (Lipinski definition) is 3. The summed E-state index contributed by atoms with van der Waals surface area (Å²) in [5.74, 6) is 2.34. The van der Waals surface area contributed by atoms with Gasteiger partial charge in [0.05, 0.1) is 0 Å². The van der Waals surface area contributed by atoms with Crippen LogP contribution in [0.2, 0.25) is 0 Å². The Morgan fingerprint density at radius 1 is 0.914 bits per heavy atom. The lowest BCUT2D eigenvalue weighted by atomic mass is 10.1. The molecule has 2 fully saturated rings. The zero-order valence-corrected chi connectivity index (χ0v) is 19.7. The molecule has 9 heteroatoms. The second-order valence-corrected chi connectivity index (χ2v) is 9.11. The third-order valence-corrected chi connectivity index (χ3v) is 6.54. The summed E-state index contributed by atoms with van der Waals surface area (Å²) in [6.45, 7) is 6.36. The van der Waals surface area contributed by atoms with Gasteiger partial charge in [-0.25, -0.2) is 19.9 Å². The molecule has 1 unspecified atom stereocenters. The van der Waals surface area contributed by atoms with Gasteiger partial charge in [0.1, 0.15) is 17.3 Å². The van der Waals surface area contributed by atoms with E-state index in [0.717, 1.165) is 30.2 Å². The first-order valence-electron chi connectivity index (χ1n) is 11.8. The molecule has 2 aliphatic heterocycles. The Morgan fingerprint density at radius 2 is 1.71 bits per heavy atom. The van der Waals surface area contributed by atoms with Crippen molar-refractivity contribution < 1.29 is 0 Å². The van der Waals surface area contributed by atoms with Gasteiger partial charge >= 0.3 is 0 Å². The number of nitrogens with one attached hydrogen (secondary N) is 3. The quantitative estimate of drug-likeness (QED) is 0.352. The minimum absolute atomic E-state index is 0.511. The minimum atomic E-state index is 0.511. The van der Waals surface area contributed by atoms with Gasteiger partial charge in [0, 0.05) is 55.0 Å². The summed E-state index contributed by atoms with van der Waals surface area (Å²) in [5.41, 5.74) is 3.90. The number of anilines is 4. The van der Waals surface area contributed by atoms with Crippen molar-refractivity contribution >= 4 is 23.3 Å². The lowest BCUT2D eigenvalue weighted by molar-refractivity contribution is 0.233. The fraction of sp³-hybridized carbons (Fsp3) is 0.269. The molecule has 0 radical (unpaired) electrons. The molecule has 0 spiro atoms. The number of aromatic nitrogens is 5. The zero-order valence-electron chi connectivity index (χ0n) is 19.7. The predicted molar refractivity (Wildman–Crippen MR) is 136 cm³/mol. The van der Waals surface area contributed by atoms with Crippen LogP contribution in [-0.4, -0.2) is 54.5 Å². The molecule has 3 aromatic heterocycles. The summed E-state index contributed by atoms with van der Waals surface area (Å²) in [6, 6.07) is 19.8. The highest BCUT2D eigenvalue weighted by Crippen LogP contribution is 2.30. The Hall–Kier alpha value is -3.95. The van der Waals surface area contributed by atoms with Gasteiger partial charge in [0.25, 0.3) is 0 Å². The molecule has 5 heterocycles. The number of nitrogens with zero attached hydrogens (tertiary/aromatic N) is 6. The molecule has 1 aromatic carbocycles. The van der Waals surface area contributed by atoms with Crippen molar-refractivity contribution in [2.24, 2.45) is 0 Å². The van der Waals surface area contributed by atoms with Gasteiger partial charge in [-0.05, 0) is 55.8 Å². The van der Waals surface area contributed by atoms with E-state index in [4.69, 9.17) is 0 Å². The van der Waals surface area contributed by atoms with E-state index in [-0.39, 0.29) is 0 Å². The van der Waals surface area contributed by atoms with Crippen molar-refractivity contribution in [2.75, 3.05) is 17.2 Å². The van der Waals surface area contributed by atoms with E-state index in [2.05, 4.69) is 77.0 Å². The van der Waals surface area contributed by atoms with E-state index in [9.17, 15) is 0 Å². The van der Waals surface area contributed by atoms with Crippen LogP contribution in [0.5, 0.6) is 0 Å². The SMILES string of the molecule is Cc1cccc(-c2nccc(Nc3ccnc(Nc4ccc(CN5C[C@H]6NC6[C@@H]5C)cc4)n3)n2)n1. The molecule has 0 bridgehead atoms. The molecule has 0 aliphatic carbocycles. The largest absolute Gasteiger partial charge is 0.325 e. The van der Waals surface area contributed by atoms with Crippen LogP contribution in [0.1, 0.15) is 18.2 Å². The van der Waals surface area contributed by atoms with E-state index in [0.29, 0.717) is 41.5 Å². The van der Waals surface area contributed by atoms with Crippen molar-refractivity contribution in [3.63, 3.8) is 0 Å². The topological polar surface area (TPSA) is 114 Å². The van der Waals surface area contributed by atoms with Crippen LogP contribution in [0, 0.1) is 6.92 Å². The maximum atomic E-state index is 4.58. The van der Waals surface area contributed by atoms with Crippen molar-refractivity contribution in [1.82, 2.24) is 35.1 Å². The van der Waals surface area contributed by atoms with E-state index >= 15 is 0 Å². The second kappa shape index (κ2) is 9.01. The molecule has 2 aliphatic rings. The van der Waals surface area contributed by atoms with Gasteiger partial charge in [0.2, 0.25) is 5.95 Å². The molecule has 6 rings (SSSR count). The molecule has 176 valence electrons. The normalized spacial score (nSPS) is 20.9. The third kappa shape index (κ3) is 4.82. The van der Waals surface area contributed by atoms with Crippen LogP contribution in [0.3, 0.4) is 0 Å². The fourth-order valence-corrected chi connectivity index (χ4v) is 4.58. The average molecular weight is 466 g/mol. The molecular formula is C26H27N9. The highest BCUT2D eigenvalue weighted by atomic mass is 15.4. The number of piperazine rings is 1. The minimum Gasteiger partial charge on any atom is -0.325 e. The van der Waals surface area contributed by atoms with Crippen LogP contribution in [0.15, 0.2) is 67.0 Å². The zero-order chi connectivity index (χ0) is 23.8. The maximum Gasteiger partial charge on any atom is 0.229 e. The summed E-state index contributed by atoms with van der Waals surface area (Å²) >= 11 is 0. The molecular weight excluding hydrogens is 438 g/mol. The van der Waals surface area contributed by atoms with Gasteiger partial charge in [-0.15, -0.1) is 0 Å². The van der Waals surface area contributed by atoms with Crippen LogP contribution in [0.4, 0.5) is 23.3 Å². The second-order valence-electron chi connectivity index (χ2n) is 9.11. The lowest BCUT2D eigenvalue weighted by Crippen LogP contribution is -2.34. The summed E-state index contributed by atoms with van der Waals surface area (Å²) in [5, 5.41) is 10.0. The number of benzene rings is 1. The fourth-order valence-electron chi connectivity index (χ4n) is 4.58. The summed E-state index contributed by atoms with van der Waals surface area (Å²) < 4.78 is 0. The van der Waals surface area contributed by atoms with E-state index < -0.39 is 0 Å². The number of fused-ring (bicyclic) bond motifs is 1. The van der Waals surface area contributed by atoms with Crippen LogP contribution < -0.4 is 16.0 Å². The maximum absolute atomic E-state index is 4.58. The van der Waals surface area contributed by atoms with Crippen molar-refractivity contribution in [3.05, 3.63) is 78.2 Å². The van der Waals surface area contributed by atoms with Gasteiger partial charge in [0.15, 0.2) is 5.82 Å². The van der Waals surface area contributed by atoms with Crippen molar-refractivity contribution in [3.8, 4) is 11.5 Å². The molecule has 3 N–H and O–H groups in total. The number of pyridine rings is 1. The predicted octanol–water partition coefficient (Wildman–Crippen LogP) is 3.67. The molecule has 2 saturated heterocycles. The number of rotatable bonds is 7. The third-order valence-electron chi connectivity index (χ3n) is 6.54. The Kier molecular flexibility index (Phi) is 5.55. The molecule has 35 heavy (non-hydrogen) atoms. The van der Waals surface area contributed by atoms with Crippen molar-refractivity contribution in [2.45, 2.75) is 38.5 Å². The van der Waals surface area contributed by atoms with E-state index in [1.54, 1.807) is 24.5 Å². The lowest BCUT2D eigenvalue weighted by Gasteiger charge is -2.24. The number of aryl methyl sites for hydroxylation is 1. The smallest absolute Gasteiger partial charge is 0.229 e. The first-order valence-corrected chi connectivity index (χ1v) is 11.8. The molecule has 0 amide bonds. The number of likely N-dealkylation sites (tertiary alicyclic amines) is 1. The van der Waals surface area contributed by atoms with Crippen LogP contribution in [-0.2, 0) is 6.54 Å². The molecule has 9 nitrogen and oxygen atoms in total. The first kappa shape index (κ1) is 21.6. The van der Waals surface area contributed by atoms with Gasteiger partial charge in [-0.1, -0.05) is 18.2 Å². The van der Waals surface area contributed by atoms with Gasteiger partial charge < -0.3 is 16.0 Å². The first-order chi connectivity index (χ1) is 17.1. The molecule has 3 atom stereocenters. The monoisotopic (exact) mass is 465 g/mol. The van der Waals surface area contributed by atoms with E-state index in [1.165, 1.54) is 5.56 Å². The average Bonchev–Trinajstić information content (AvgIpc) is 3.57. The Morgan fingerprint density at radius 3 is 2.49 bits per heavy atom. The molecule has 0 saturated carbocycles. The summed E-state index contributed by atoms with van der Waals surface area (Å²) in [4.78, 5) is 24.9. The Bertz CT molecular complexity index is 1340. The Labute approximate surface area is 204 Å². The summed E-state index contributed by atoms with van der Waals surface area (Å²) in [7, 11) is 0. The van der Waals surface area contributed by atoms with Crippen LogP contribution in [0.25, 0.3) is 11.5 Å². The van der Waals surface area contributed by atoms with Gasteiger partial charge in [-0.2, -0.15) is 4.98 Å². The highest BCUT2D eigenvalue weighted by molar-refractivity contribution is 5.59. The number of hydrogen-bond acceptors (Lipinski definition) is 9. The Balaban J connectivity index is 1.11. The standard InChI is InChI=1S/C26H27N9/c1-16-4-3-5-20(29-16)25-27-12-10-22(33-25)32-23-11-13-28-26(34-23)30-19-8-6-18(7-9-19)14-35-15-21-24(31-21)17(35)2/h3-13,17,21,24,31H,14-15H2,1-2H3,(H2,27,28,30,32,33,34)/t17-,21+,24?/m0/s1. The van der Waals surface area contributed by atoms with E-state index in [1.807, 2.05) is 25.1 Å². The highest BCUT2D eigenvalue weighted by Gasteiger charge is 2.49. The van der Waals surface area contributed by atoms with Crippen molar-refractivity contribution in [1.29, 1.82) is 0 Å². The van der Waals surface area contributed by atoms with Gasteiger partial charge in [-0.3, -0.25) is 4.90 Å². The van der Waals surface area contributed by atoms with Crippen LogP contribution >= 0.6 is 0 Å². The summed E-state index contributed by atoms with van der Waals surface area (Å²) in [6.07, 6.45) is 3.42.